The minimum atomic E-state index is -3.66. The SMILES string of the molecule is C[C@H]1CC(=O)Nc2cc(S(=O)(=O)CCC(=O)Nc3cccc(Br)c3)ccc2S1. The Morgan fingerprint density at radius 3 is 2.82 bits per heavy atom. The molecule has 148 valence electrons. The predicted octanol–water partition coefficient (Wildman–Crippen LogP) is 4.07. The quantitative estimate of drug-likeness (QED) is 0.669. The van der Waals surface area contributed by atoms with Crippen LogP contribution in [-0.4, -0.2) is 31.2 Å². The summed E-state index contributed by atoms with van der Waals surface area (Å²) in [6, 6.07) is 11.8. The van der Waals surface area contributed by atoms with Gasteiger partial charge >= 0.3 is 0 Å². The summed E-state index contributed by atoms with van der Waals surface area (Å²) in [6.07, 6.45) is 0.210. The van der Waals surface area contributed by atoms with Crippen molar-refractivity contribution in [3.8, 4) is 0 Å². The number of carbonyl (C=O) groups excluding carboxylic acids is 2. The largest absolute Gasteiger partial charge is 0.326 e. The highest BCUT2D eigenvalue weighted by Gasteiger charge is 2.22. The van der Waals surface area contributed by atoms with Crippen LogP contribution in [0.15, 0.2) is 56.7 Å². The van der Waals surface area contributed by atoms with Gasteiger partial charge in [-0.1, -0.05) is 28.9 Å². The van der Waals surface area contributed by atoms with Crippen molar-refractivity contribution in [2.75, 3.05) is 16.4 Å². The Bertz CT molecular complexity index is 1020. The summed E-state index contributed by atoms with van der Waals surface area (Å²) in [5.74, 6) is -0.834. The number of sulfone groups is 1. The van der Waals surface area contributed by atoms with Gasteiger partial charge in [-0.2, -0.15) is 0 Å². The van der Waals surface area contributed by atoms with Crippen LogP contribution < -0.4 is 10.6 Å². The lowest BCUT2D eigenvalue weighted by Gasteiger charge is -2.11. The number of fused-ring (bicyclic) bond motifs is 1. The van der Waals surface area contributed by atoms with E-state index in [-0.39, 0.29) is 34.1 Å². The smallest absolute Gasteiger partial charge is 0.225 e. The normalized spacial score (nSPS) is 16.6. The summed E-state index contributed by atoms with van der Waals surface area (Å²) in [5.41, 5.74) is 1.09. The fourth-order valence-electron chi connectivity index (χ4n) is 2.76. The summed E-state index contributed by atoms with van der Waals surface area (Å²) in [4.78, 5) is 24.9. The second kappa shape index (κ2) is 8.67. The molecule has 1 aliphatic heterocycles. The minimum absolute atomic E-state index is 0.0944. The van der Waals surface area contributed by atoms with Crippen molar-refractivity contribution < 1.29 is 18.0 Å². The van der Waals surface area contributed by atoms with Gasteiger partial charge in [-0.15, -0.1) is 11.8 Å². The first-order valence-electron chi connectivity index (χ1n) is 8.62. The third-order valence-corrected chi connectivity index (χ3v) is 7.48. The van der Waals surface area contributed by atoms with Crippen molar-refractivity contribution in [2.24, 2.45) is 0 Å². The zero-order chi connectivity index (χ0) is 20.3. The molecule has 2 amide bonds. The molecule has 3 rings (SSSR count). The van der Waals surface area contributed by atoms with Gasteiger partial charge in [-0.25, -0.2) is 8.42 Å². The van der Waals surface area contributed by atoms with Gasteiger partial charge in [0.15, 0.2) is 9.84 Å². The van der Waals surface area contributed by atoms with Gasteiger partial charge in [0.25, 0.3) is 0 Å². The molecule has 0 radical (unpaired) electrons. The lowest BCUT2D eigenvalue weighted by Crippen LogP contribution is -2.18. The minimum Gasteiger partial charge on any atom is -0.326 e. The van der Waals surface area contributed by atoms with Crippen molar-refractivity contribution in [3.63, 3.8) is 0 Å². The Balaban J connectivity index is 1.69. The van der Waals surface area contributed by atoms with Crippen LogP contribution in [0, 0.1) is 0 Å². The molecule has 0 aliphatic carbocycles. The van der Waals surface area contributed by atoms with Crippen LogP contribution in [0.1, 0.15) is 19.8 Å². The van der Waals surface area contributed by atoms with Crippen LogP contribution in [0.3, 0.4) is 0 Å². The van der Waals surface area contributed by atoms with Crippen LogP contribution >= 0.6 is 27.7 Å². The van der Waals surface area contributed by atoms with E-state index in [0.717, 1.165) is 9.37 Å². The van der Waals surface area contributed by atoms with Crippen LogP contribution in [0.5, 0.6) is 0 Å². The number of anilines is 2. The number of benzene rings is 2. The first-order valence-corrected chi connectivity index (χ1v) is 11.9. The molecule has 1 aliphatic rings. The molecule has 6 nitrogen and oxygen atoms in total. The van der Waals surface area contributed by atoms with Crippen molar-refractivity contribution in [2.45, 2.75) is 34.8 Å². The van der Waals surface area contributed by atoms with Crippen LogP contribution in [-0.2, 0) is 19.4 Å². The van der Waals surface area contributed by atoms with Crippen molar-refractivity contribution >= 4 is 60.7 Å². The molecule has 0 saturated carbocycles. The Morgan fingerprint density at radius 2 is 2.07 bits per heavy atom. The Hall–Kier alpha value is -1.84. The molecule has 1 atom stereocenters. The second-order valence-electron chi connectivity index (χ2n) is 6.47. The third-order valence-electron chi connectivity index (χ3n) is 4.09. The monoisotopic (exact) mass is 482 g/mol. The van der Waals surface area contributed by atoms with Gasteiger partial charge in [0.2, 0.25) is 11.8 Å². The molecular formula is C19H19BrN2O4S2. The highest BCUT2D eigenvalue weighted by atomic mass is 79.9. The van der Waals surface area contributed by atoms with Crippen molar-refractivity contribution in [3.05, 3.63) is 46.9 Å². The summed E-state index contributed by atoms with van der Waals surface area (Å²) < 4.78 is 26.1. The summed E-state index contributed by atoms with van der Waals surface area (Å²) >= 11 is 4.85. The molecule has 2 aromatic carbocycles. The van der Waals surface area contributed by atoms with Crippen LogP contribution in [0.2, 0.25) is 0 Å². The summed E-state index contributed by atoms with van der Waals surface area (Å²) in [7, 11) is -3.66. The zero-order valence-electron chi connectivity index (χ0n) is 15.1. The van der Waals surface area contributed by atoms with Gasteiger partial charge in [-0.3, -0.25) is 9.59 Å². The van der Waals surface area contributed by atoms with E-state index < -0.39 is 9.84 Å². The summed E-state index contributed by atoms with van der Waals surface area (Å²) in [6.45, 7) is 1.95. The van der Waals surface area contributed by atoms with Gasteiger partial charge in [0, 0.05) is 33.1 Å². The molecule has 0 spiro atoms. The zero-order valence-corrected chi connectivity index (χ0v) is 18.3. The maximum atomic E-state index is 12.7. The average molecular weight is 483 g/mol. The molecule has 2 N–H and O–H groups in total. The maximum absolute atomic E-state index is 12.7. The van der Waals surface area contributed by atoms with Gasteiger partial charge in [0.1, 0.15) is 0 Å². The molecular weight excluding hydrogens is 464 g/mol. The fourth-order valence-corrected chi connectivity index (χ4v) is 5.47. The molecule has 0 fully saturated rings. The molecule has 0 aromatic heterocycles. The van der Waals surface area contributed by atoms with E-state index in [4.69, 9.17) is 0 Å². The number of nitrogens with one attached hydrogen (secondary N) is 2. The van der Waals surface area contributed by atoms with E-state index in [2.05, 4.69) is 26.6 Å². The second-order valence-corrected chi connectivity index (χ2v) is 11.0. The Morgan fingerprint density at radius 1 is 1.29 bits per heavy atom. The fraction of sp³-hybridized carbons (Fsp3) is 0.263. The standard InChI is InChI=1S/C19H19BrN2O4S2/c1-12-9-19(24)22-16-11-15(5-6-17(16)27-12)28(25,26)8-7-18(23)21-14-4-2-3-13(20)10-14/h2-6,10-12H,7-9H2,1H3,(H,21,23)(H,22,24)/t12-/m0/s1. The number of carbonyl (C=O) groups is 2. The number of amides is 2. The lowest BCUT2D eigenvalue weighted by molar-refractivity contribution is -0.116. The Kier molecular flexibility index (Phi) is 6.47. The predicted molar refractivity (Wildman–Crippen MR) is 114 cm³/mol. The van der Waals surface area contributed by atoms with Gasteiger partial charge < -0.3 is 10.6 Å². The molecule has 1 heterocycles. The lowest BCUT2D eigenvalue weighted by atomic mass is 10.3. The molecule has 28 heavy (non-hydrogen) atoms. The van der Waals surface area contributed by atoms with Crippen LogP contribution in [0.4, 0.5) is 11.4 Å². The topological polar surface area (TPSA) is 92.3 Å². The van der Waals surface area contributed by atoms with Crippen molar-refractivity contribution in [1.29, 1.82) is 0 Å². The van der Waals surface area contributed by atoms with E-state index in [0.29, 0.717) is 17.8 Å². The molecule has 9 heteroatoms. The molecule has 0 unspecified atom stereocenters. The van der Waals surface area contributed by atoms with Crippen LogP contribution in [0.25, 0.3) is 0 Å². The third kappa shape index (κ3) is 5.36. The molecule has 0 saturated heterocycles. The highest BCUT2D eigenvalue weighted by Crippen LogP contribution is 2.36. The number of hydrogen-bond acceptors (Lipinski definition) is 5. The number of hydrogen-bond donors (Lipinski definition) is 2. The molecule has 0 bridgehead atoms. The number of rotatable bonds is 5. The van der Waals surface area contributed by atoms with Gasteiger partial charge in [0.05, 0.1) is 16.3 Å². The molecule has 2 aromatic rings. The van der Waals surface area contributed by atoms with E-state index in [9.17, 15) is 18.0 Å². The summed E-state index contributed by atoms with van der Waals surface area (Å²) in [5, 5.41) is 5.56. The highest BCUT2D eigenvalue weighted by molar-refractivity contribution is 9.10. The Labute approximate surface area is 176 Å². The maximum Gasteiger partial charge on any atom is 0.225 e. The number of thioether (sulfide) groups is 1. The van der Waals surface area contributed by atoms with E-state index in [1.54, 1.807) is 24.3 Å². The van der Waals surface area contributed by atoms with Gasteiger partial charge in [-0.05, 0) is 36.4 Å². The number of halogens is 1. The van der Waals surface area contributed by atoms with E-state index in [1.807, 2.05) is 13.0 Å². The van der Waals surface area contributed by atoms with E-state index in [1.165, 1.54) is 23.9 Å². The first-order chi connectivity index (χ1) is 13.2. The average Bonchev–Trinajstić information content (AvgIpc) is 2.75. The first kappa shape index (κ1) is 20.9. The van der Waals surface area contributed by atoms with E-state index >= 15 is 0 Å². The van der Waals surface area contributed by atoms with Crippen molar-refractivity contribution in [1.82, 2.24) is 0 Å².